The van der Waals surface area contributed by atoms with Gasteiger partial charge in [0.15, 0.2) is 0 Å². The Kier molecular flexibility index (Phi) is 6.71. The molecule has 0 bridgehead atoms. The van der Waals surface area contributed by atoms with Crippen LogP contribution in [0.3, 0.4) is 0 Å². The molecule has 3 aromatic rings. The van der Waals surface area contributed by atoms with Crippen molar-refractivity contribution in [3.8, 4) is 17.0 Å². The summed E-state index contributed by atoms with van der Waals surface area (Å²) < 4.78 is 4.78. The molecular formula is C21H20ClN3O5. The van der Waals surface area contributed by atoms with Crippen LogP contribution in [-0.4, -0.2) is 39.3 Å². The molecule has 2 aromatic carbocycles. The largest absolute Gasteiger partial charge is 0.491 e. The van der Waals surface area contributed by atoms with Gasteiger partial charge in [-0.25, -0.2) is 0 Å². The molecule has 4 N–H and O–H groups in total. The lowest BCUT2D eigenvalue weighted by atomic mass is 10.00. The predicted molar refractivity (Wildman–Crippen MR) is 111 cm³/mol. The van der Waals surface area contributed by atoms with Gasteiger partial charge in [-0.05, 0) is 47.3 Å². The number of aliphatic carboxylic acids is 1. The SMILES string of the molecule is C[C@H](NC(Cc1ccc(-c2cccc(Cl)c2)cc1)C(=O)Nc1cc(O)no1)C(=O)O. The number of hydrogen-bond donors (Lipinski definition) is 4. The number of amides is 1. The van der Waals surface area contributed by atoms with Crippen molar-refractivity contribution in [2.24, 2.45) is 0 Å². The van der Waals surface area contributed by atoms with Crippen LogP contribution in [-0.2, 0) is 16.0 Å². The standard InChI is InChI=1S/C21H20ClN3O5/c1-12(21(28)29)23-17(20(27)24-19-11-18(26)25-30-19)9-13-5-7-14(8-6-13)15-3-2-4-16(22)10-15/h2-8,10-12,17,23H,9H2,1H3,(H,24,27)(H,25,26)(H,28,29)/t12-,17?/m0/s1. The molecule has 1 unspecified atom stereocenters. The van der Waals surface area contributed by atoms with E-state index in [2.05, 4.69) is 15.8 Å². The molecule has 0 aliphatic heterocycles. The van der Waals surface area contributed by atoms with Gasteiger partial charge < -0.3 is 14.7 Å². The molecule has 9 heteroatoms. The van der Waals surface area contributed by atoms with Crippen molar-refractivity contribution in [2.45, 2.75) is 25.4 Å². The molecule has 1 aromatic heterocycles. The van der Waals surface area contributed by atoms with Crippen molar-refractivity contribution in [2.75, 3.05) is 5.32 Å². The second-order valence-corrected chi connectivity index (χ2v) is 7.17. The quantitative estimate of drug-likeness (QED) is 0.433. The first-order valence-electron chi connectivity index (χ1n) is 9.12. The lowest BCUT2D eigenvalue weighted by Crippen LogP contribution is -2.48. The van der Waals surface area contributed by atoms with E-state index >= 15 is 0 Å². The van der Waals surface area contributed by atoms with Crippen LogP contribution in [0, 0.1) is 0 Å². The number of nitrogens with one attached hydrogen (secondary N) is 2. The Morgan fingerprint density at radius 1 is 1.13 bits per heavy atom. The fraction of sp³-hybridized carbons (Fsp3) is 0.190. The molecule has 0 spiro atoms. The van der Waals surface area contributed by atoms with E-state index in [1.165, 1.54) is 6.92 Å². The number of benzene rings is 2. The van der Waals surface area contributed by atoms with Crippen LogP contribution in [0.2, 0.25) is 5.02 Å². The number of rotatable bonds is 8. The van der Waals surface area contributed by atoms with Gasteiger partial charge in [0.05, 0.1) is 12.1 Å². The molecule has 2 atom stereocenters. The van der Waals surface area contributed by atoms with Gasteiger partial charge in [-0.1, -0.05) is 48.0 Å². The van der Waals surface area contributed by atoms with E-state index in [0.717, 1.165) is 22.8 Å². The first-order chi connectivity index (χ1) is 14.3. The van der Waals surface area contributed by atoms with Gasteiger partial charge in [-0.2, -0.15) is 0 Å². The highest BCUT2D eigenvalue weighted by atomic mass is 35.5. The summed E-state index contributed by atoms with van der Waals surface area (Å²) >= 11 is 6.04. The summed E-state index contributed by atoms with van der Waals surface area (Å²) in [5.74, 6) is -2.01. The number of halogens is 1. The van der Waals surface area contributed by atoms with Crippen LogP contribution in [0.15, 0.2) is 59.1 Å². The van der Waals surface area contributed by atoms with E-state index in [1.807, 2.05) is 42.5 Å². The predicted octanol–water partition coefficient (Wildman–Crippen LogP) is 3.31. The van der Waals surface area contributed by atoms with Crippen molar-refractivity contribution < 1.29 is 24.3 Å². The monoisotopic (exact) mass is 429 g/mol. The molecule has 1 heterocycles. The van der Waals surface area contributed by atoms with Crippen LogP contribution in [0.1, 0.15) is 12.5 Å². The van der Waals surface area contributed by atoms with Crippen molar-refractivity contribution in [1.82, 2.24) is 10.5 Å². The second kappa shape index (κ2) is 9.43. The number of carbonyl (C=O) groups excluding carboxylic acids is 1. The van der Waals surface area contributed by atoms with Gasteiger partial charge in [0.1, 0.15) is 6.04 Å². The summed E-state index contributed by atoms with van der Waals surface area (Å²) in [6.45, 7) is 1.45. The van der Waals surface area contributed by atoms with Crippen molar-refractivity contribution in [1.29, 1.82) is 0 Å². The van der Waals surface area contributed by atoms with E-state index in [-0.39, 0.29) is 18.2 Å². The third kappa shape index (κ3) is 5.59. The average Bonchev–Trinajstić information content (AvgIpc) is 3.12. The molecule has 0 saturated carbocycles. The topological polar surface area (TPSA) is 125 Å². The van der Waals surface area contributed by atoms with Crippen molar-refractivity contribution >= 4 is 29.4 Å². The van der Waals surface area contributed by atoms with Gasteiger partial charge >= 0.3 is 5.97 Å². The molecule has 0 aliphatic rings. The smallest absolute Gasteiger partial charge is 0.320 e. The zero-order chi connectivity index (χ0) is 21.7. The highest BCUT2D eigenvalue weighted by Gasteiger charge is 2.25. The van der Waals surface area contributed by atoms with E-state index < -0.39 is 24.0 Å². The van der Waals surface area contributed by atoms with Gasteiger partial charge in [0.25, 0.3) is 5.88 Å². The Bertz CT molecular complexity index is 1040. The average molecular weight is 430 g/mol. The maximum Gasteiger partial charge on any atom is 0.320 e. The molecule has 0 radical (unpaired) electrons. The fourth-order valence-electron chi connectivity index (χ4n) is 2.87. The summed E-state index contributed by atoms with van der Waals surface area (Å²) in [5.41, 5.74) is 2.75. The van der Waals surface area contributed by atoms with Gasteiger partial charge in [0.2, 0.25) is 11.8 Å². The minimum Gasteiger partial charge on any atom is -0.491 e. The molecule has 1 amide bonds. The number of carboxylic acid groups (broad SMARTS) is 1. The summed E-state index contributed by atoms with van der Waals surface area (Å²) in [6, 6.07) is 14.3. The van der Waals surface area contributed by atoms with E-state index in [4.69, 9.17) is 16.1 Å². The van der Waals surface area contributed by atoms with Crippen LogP contribution >= 0.6 is 11.6 Å². The van der Waals surface area contributed by atoms with E-state index in [0.29, 0.717) is 5.02 Å². The number of hydrogen-bond acceptors (Lipinski definition) is 6. The van der Waals surface area contributed by atoms with Crippen LogP contribution in [0.25, 0.3) is 11.1 Å². The Balaban J connectivity index is 1.76. The Labute approximate surface area is 177 Å². The molecule has 0 aliphatic carbocycles. The normalized spacial score (nSPS) is 12.9. The molecular weight excluding hydrogens is 410 g/mol. The van der Waals surface area contributed by atoms with Crippen molar-refractivity contribution in [3.05, 3.63) is 65.2 Å². The highest BCUT2D eigenvalue weighted by molar-refractivity contribution is 6.30. The maximum atomic E-state index is 12.7. The van der Waals surface area contributed by atoms with Gasteiger partial charge in [0, 0.05) is 5.02 Å². The Morgan fingerprint density at radius 3 is 2.47 bits per heavy atom. The summed E-state index contributed by atoms with van der Waals surface area (Å²) in [4.78, 5) is 23.9. The number of carbonyl (C=O) groups is 2. The van der Waals surface area contributed by atoms with Gasteiger partial charge in [-0.15, -0.1) is 0 Å². The minimum absolute atomic E-state index is 0.0383. The van der Waals surface area contributed by atoms with Gasteiger partial charge in [-0.3, -0.25) is 20.2 Å². The van der Waals surface area contributed by atoms with Crippen LogP contribution in [0.4, 0.5) is 5.88 Å². The minimum atomic E-state index is -1.08. The molecule has 30 heavy (non-hydrogen) atoms. The number of aromatic hydroxyl groups is 1. The fourth-order valence-corrected chi connectivity index (χ4v) is 3.06. The number of nitrogens with zero attached hydrogens (tertiary/aromatic N) is 1. The lowest BCUT2D eigenvalue weighted by molar-refractivity contribution is -0.139. The molecule has 3 rings (SSSR count). The van der Waals surface area contributed by atoms with E-state index in [1.54, 1.807) is 6.07 Å². The van der Waals surface area contributed by atoms with Crippen LogP contribution in [0.5, 0.6) is 5.88 Å². The maximum absolute atomic E-state index is 12.7. The molecule has 0 fully saturated rings. The lowest BCUT2D eigenvalue weighted by Gasteiger charge is -2.20. The van der Waals surface area contributed by atoms with E-state index in [9.17, 15) is 19.8 Å². The Morgan fingerprint density at radius 2 is 1.87 bits per heavy atom. The molecule has 0 saturated heterocycles. The summed E-state index contributed by atoms with van der Waals surface area (Å²) in [5, 5.41) is 27.6. The third-order valence-corrected chi connectivity index (χ3v) is 4.67. The Hall–Kier alpha value is -3.36. The second-order valence-electron chi connectivity index (χ2n) is 6.73. The first kappa shape index (κ1) is 21.4. The van der Waals surface area contributed by atoms with Crippen LogP contribution < -0.4 is 10.6 Å². The number of carboxylic acids is 1. The zero-order valence-corrected chi connectivity index (χ0v) is 16.8. The van der Waals surface area contributed by atoms with Crippen molar-refractivity contribution in [3.63, 3.8) is 0 Å². The molecule has 8 nitrogen and oxygen atoms in total. The zero-order valence-electron chi connectivity index (χ0n) is 16.0. The number of anilines is 1. The summed E-state index contributed by atoms with van der Waals surface area (Å²) in [6.07, 6.45) is 0.236. The third-order valence-electron chi connectivity index (χ3n) is 4.43. The number of aromatic nitrogens is 1. The highest BCUT2D eigenvalue weighted by Crippen LogP contribution is 2.23. The summed E-state index contributed by atoms with van der Waals surface area (Å²) in [7, 11) is 0. The molecule has 156 valence electrons. The first-order valence-corrected chi connectivity index (χ1v) is 9.50.